The van der Waals surface area contributed by atoms with Crippen molar-refractivity contribution in [2.24, 2.45) is 5.73 Å². The van der Waals surface area contributed by atoms with E-state index in [-0.39, 0.29) is 11.3 Å². The van der Waals surface area contributed by atoms with Crippen LogP contribution in [-0.2, 0) is 0 Å². The predicted molar refractivity (Wildman–Crippen MR) is 60.9 cm³/mol. The topological polar surface area (TPSA) is 110 Å². The Morgan fingerprint density at radius 3 is 2.07 bits per heavy atom. The maximum Gasteiger partial charge on any atom is 0.339 e. The van der Waals surface area contributed by atoms with Crippen molar-refractivity contribution in [2.75, 3.05) is 12.8 Å². The average Bonchev–Trinajstić information content (AvgIpc) is 2.27. The molecule has 0 aliphatic carbocycles. The minimum absolute atomic E-state index is 0.176. The number of nitrogens with two attached hydrogens (primary N) is 2. The summed E-state index contributed by atoms with van der Waals surface area (Å²) in [5.74, 6) is -1.46. The maximum atomic E-state index is 10.4. The molecule has 0 aliphatic rings. The summed E-state index contributed by atoms with van der Waals surface area (Å²) in [6.45, 7) is 4.00. The minimum atomic E-state index is -1.19. The van der Waals surface area contributed by atoms with Crippen LogP contribution in [0.15, 0.2) is 18.2 Å². The van der Waals surface area contributed by atoms with Crippen molar-refractivity contribution < 1.29 is 15.0 Å². The number of aromatic carboxylic acids is 1. The Morgan fingerprint density at radius 2 is 1.73 bits per heavy atom. The van der Waals surface area contributed by atoms with E-state index >= 15 is 0 Å². The number of rotatable bonds is 1. The molecule has 1 aromatic rings. The molecule has 0 spiro atoms. The molecule has 5 heteroatoms. The Bertz CT molecular complexity index is 301. The van der Waals surface area contributed by atoms with Gasteiger partial charge in [0.15, 0.2) is 0 Å². The molecule has 0 atom stereocenters. The van der Waals surface area contributed by atoms with Crippen LogP contribution in [0.25, 0.3) is 0 Å². The molecular formula is C10H18N2O3. The molecule has 86 valence electrons. The summed E-state index contributed by atoms with van der Waals surface area (Å²) in [6, 6.07) is 3.89. The number of carboxylic acid groups (broad SMARTS) is 1. The molecule has 5 nitrogen and oxygen atoms in total. The molecular weight excluding hydrogens is 196 g/mol. The Kier molecular flexibility index (Phi) is 9.25. The zero-order valence-corrected chi connectivity index (χ0v) is 9.19. The summed E-state index contributed by atoms with van der Waals surface area (Å²) < 4.78 is 0. The number of anilines is 1. The van der Waals surface area contributed by atoms with Crippen LogP contribution in [-0.4, -0.2) is 23.2 Å². The van der Waals surface area contributed by atoms with Gasteiger partial charge in [0.25, 0.3) is 0 Å². The van der Waals surface area contributed by atoms with Crippen LogP contribution in [0.5, 0.6) is 5.75 Å². The van der Waals surface area contributed by atoms with E-state index in [9.17, 15) is 4.79 Å². The van der Waals surface area contributed by atoms with E-state index in [2.05, 4.69) is 5.73 Å². The van der Waals surface area contributed by atoms with Crippen LogP contribution >= 0.6 is 0 Å². The standard InChI is InChI=1S/C7H7NO3.C2H6.CH5N/c8-4-1-2-6(9)5(3-4)7(10)11;2*1-2/h1-3,9H,8H2,(H,10,11);1-2H3;2H2,1H3. The van der Waals surface area contributed by atoms with Crippen LogP contribution in [0, 0.1) is 0 Å². The van der Waals surface area contributed by atoms with Gasteiger partial charge in [-0.2, -0.15) is 0 Å². The molecule has 6 N–H and O–H groups in total. The molecule has 0 saturated heterocycles. The second-order valence-electron chi connectivity index (χ2n) is 2.08. The van der Waals surface area contributed by atoms with Gasteiger partial charge < -0.3 is 21.7 Å². The predicted octanol–water partition coefficient (Wildman–Crippen LogP) is 1.27. The summed E-state index contributed by atoms with van der Waals surface area (Å²) in [5, 5.41) is 17.4. The zero-order valence-electron chi connectivity index (χ0n) is 9.19. The fourth-order valence-electron chi connectivity index (χ4n) is 0.725. The van der Waals surface area contributed by atoms with Crippen LogP contribution in [0.3, 0.4) is 0 Å². The first-order valence-electron chi connectivity index (χ1n) is 4.51. The van der Waals surface area contributed by atoms with Gasteiger partial charge in [-0.05, 0) is 25.2 Å². The number of benzene rings is 1. The smallest absolute Gasteiger partial charge is 0.339 e. The number of nitrogen functional groups attached to an aromatic ring is 1. The van der Waals surface area contributed by atoms with Gasteiger partial charge in [-0.25, -0.2) is 4.79 Å². The molecule has 0 saturated carbocycles. The van der Waals surface area contributed by atoms with Gasteiger partial charge >= 0.3 is 5.97 Å². The van der Waals surface area contributed by atoms with Gasteiger partial charge in [-0.3, -0.25) is 0 Å². The van der Waals surface area contributed by atoms with E-state index in [1.165, 1.54) is 25.2 Å². The van der Waals surface area contributed by atoms with Crippen molar-refractivity contribution in [3.8, 4) is 5.75 Å². The monoisotopic (exact) mass is 214 g/mol. The second-order valence-corrected chi connectivity index (χ2v) is 2.08. The van der Waals surface area contributed by atoms with Gasteiger partial charge in [0.05, 0.1) is 0 Å². The number of carbonyl (C=O) groups is 1. The maximum absolute atomic E-state index is 10.4. The summed E-state index contributed by atoms with van der Waals surface area (Å²) in [7, 11) is 1.50. The molecule has 0 amide bonds. The molecule has 0 aliphatic heterocycles. The number of hydrogen-bond acceptors (Lipinski definition) is 4. The molecule has 1 aromatic carbocycles. The third-order valence-electron chi connectivity index (χ3n) is 1.25. The Hall–Kier alpha value is -1.75. The van der Waals surface area contributed by atoms with Crippen molar-refractivity contribution in [1.82, 2.24) is 0 Å². The van der Waals surface area contributed by atoms with Crippen LogP contribution < -0.4 is 11.5 Å². The number of carboxylic acids is 1. The normalized spacial score (nSPS) is 7.73. The lowest BCUT2D eigenvalue weighted by Crippen LogP contribution is -1.97. The van der Waals surface area contributed by atoms with Gasteiger partial charge in [-0.15, -0.1) is 0 Å². The number of hydrogen-bond donors (Lipinski definition) is 4. The van der Waals surface area contributed by atoms with Gasteiger partial charge in [0.1, 0.15) is 11.3 Å². The molecule has 0 bridgehead atoms. The molecule has 0 unspecified atom stereocenters. The highest BCUT2D eigenvalue weighted by Gasteiger charge is 2.08. The molecule has 0 fully saturated rings. The van der Waals surface area contributed by atoms with Gasteiger partial charge in [0, 0.05) is 5.69 Å². The van der Waals surface area contributed by atoms with Crippen molar-refractivity contribution in [3.63, 3.8) is 0 Å². The molecule has 1 rings (SSSR count). The number of phenols is 1. The third kappa shape index (κ3) is 5.53. The lowest BCUT2D eigenvalue weighted by Gasteiger charge is -1.98. The average molecular weight is 214 g/mol. The van der Waals surface area contributed by atoms with Crippen LogP contribution in [0.4, 0.5) is 5.69 Å². The van der Waals surface area contributed by atoms with Gasteiger partial charge in [0.2, 0.25) is 0 Å². The first-order chi connectivity index (χ1) is 7.11. The number of aromatic hydroxyl groups is 1. The Balaban J connectivity index is 0. The summed E-state index contributed by atoms with van der Waals surface area (Å²) in [6.07, 6.45) is 0. The highest BCUT2D eigenvalue weighted by molar-refractivity contribution is 5.91. The SMILES string of the molecule is CC.CN.Nc1ccc(O)c(C(=O)O)c1. The van der Waals surface area contributed by atoms with Crippen molar-refractivity contribution in [1.29, 1.82) is 0 Å². The van der Waals surface area contributed by atoms with E-state index < -0.39 is 5.97 Å². The largest absolute Gasteiger partial charge is 0.507 e. The van der Waals surface area contributed by atoms with E-state index in [4.69, 9.17) is 15.9 Å². The first kappa shape index (κ1) is 15.7. The fourth-order valence-corrected chi connectivity index (χ4v) is 0.725. The van der Waals surface area contributed by atoms with Crippen molar-refractivity contribution >= 4 is 11.7 Å². The summed E-state index contributed by atoms with van der Waals surface area (Å²) in [5.41, 5.74) is 9.93. The van der Waals surface area contributed by atoms with Crippen LogP contribution in [0.2, 0.25) is 0 Å². The highest BCUT2D eigenvalue weighted by atomic mass is 16.4. The highest BCUT2D eigenvalue weighted by Crippen LogP contribution is 2.18. The van der Waals surface area contributed by atoms with E-state index in [0.717, 1.165) is 0 Å². The lowest BCUT2D eigenvalue weighted by molar-refractivity contribution is 0.0694. The summed E-state index contributed by atoms with van der Waals surface area (Å²) >= 11 is 0. The van der Waals surface area contributed by atoms with E-state index in [0.29, 0.717) is 5.69 Å². The molecule has 0 heterocycles. The molecule has 0 aromatic heterocycles. The minimum Gasteiger partial charge on any atom is -0.507 e. The van der Waals surface area contributed by atoms with E-state index in [1.54, 1.807) is 0 Å². The summed E-state index contributed by atoms with van der Waals surface area (Å²) in [4.78, 5) is 10.4. The van der Waals surface area contributed by atoms with Crippen LogP contribution in [0.1, 0.15) is 24.2 Å². The fraction of sp³-hybridized carbons (Fsp3) is 0.300. The molecule has 0 radical (unpaired) electrons. The quantitative estimate of drug-likeness (QED) is 0.415. The van der Waals surface area contributed by atoms with Crippen molar-refractivity contribution in [3.05, 3.63) is 23.8 Å². The Morgan fingerprint density at radius 1 is 1.27 bits per heavy atom. The zero-order chi connectivity index (χ0) is 12.4. The Labute approximate surface area is 89.3 Å². The van der Waals surface area contributed by atoms with Gasteiger partial charge in [-0.1, -0.05) is 13.8 Å². The second kappa shape index (κ2) is 8.83. The molecule has 15 heavy (non-hydrogen) atoms. The first-order valence-corrected chi connectivity index (χ1v) is 4.51. The van der Waals surface area contributed by atoms with E-state index in [1.807, 2.05) is 13.8 Å². The van der Waals surface area contributed by atoms with Crippen molar-refractivity contribution in [2.45, 2.75) is 13.8 Å². The third-order valence-corrected chi connectivity index (χ3v) is 1.25. The lowest BCUT2D eigenvalue weighted by atomic mass is 10.2.